The monoisotopic (exact) mass is 421 g/mol. The fourth-order valence-corrected chi connectivity index (χ4v) is 4.01. The molecule has 0 radical (unpaired) electrons. The molecule has 0 aliphatic heterocycles. The zero-order valence-electron chi connectivity index (χ0n) is 17.5. The van der Waals surface area contributed by atoms with Gasteiger partial charge in [0.2, 0.25) is 5.91 Å². The molecule has 2 N–H and O–H groups in total. The van der Waals surface area contributed by atoms with E-state index >= 15 is 0 Å². The van der Waals surface area contributed by atoms with Gasteiger partial charge in [-0.1, -0.05) is 48.5 Å². The predicted molar refractivity (Wildman–Crippen MR) is 125 cm³/mol. The Morgan fingerprint density at radius 3 is 2.53 bits per heavy atom. The highest BCUT2D eigenvalue weighted by Crippen LogP contribution is 2.48. The maximum absolute atomic E-state index is 12.7. The Labute approximate surface area is 186 Å². The molecule has 32 heavy (non-hydrogen) atoms. The van der Waals surface area contributed by atoms with E-state index in [1.54, 1.807) is 6.20 Å². The molecule has 0 unspecified atom stereocenters. The summed E-state index contributed by atoms with van der Waals surface area (Å²) in [6.45, 7) is 0.498. The SMILES string of the molecule is O=C(NCc1ccccc1)c1ccc([C@@H]2C[C@H]2C(=O)Nc2ccc3cnccc3c2)cc1. The fourth-order valence-electron chi connectivity index (χ4n) is 4.01. The minimum Gasteiger partial charge on any atom is -0.348 e. The molecule has 1 aliphatic rings. The number of hydrogen-bond acceptors (Lipinski definition) is 3. The lowest BCUT2D eigenvalue weighted by atomic mass is 10.1. The van der Waals surface area contributed by atoms with Gasteiger partial charge in [0.25, 0.3) is 5.91 Å². The van der Waals surface area contributed by atoms with Crippen LogP contribution < -0.4 is 10.6 Å². The number of nitrogens with one attached hydrogen (secondary N) is 2. The molecule has 1 aromatic heterocycles. The van der Waals surface area contributed by atoms with Crippen molar-refractivity contribution < 1.29 is 9.59 Å². The second kappa shape index (κ2) is 8.63. The lowest BCUT2D eigenvalue weighted by Gasteiger charge is -2.08. The van der Waals surface area contributed by atoms with E-state index in [0.717, 1.165) is 34.0 Å². The van der Waals surface area contributed by atoms with Crippen molar-refractivity contribution in [3.05, 3.63) is 108 Å². The van der Waals surface area contributed by atoms with Crippen LogP contribution >= 0.6 is 0 Å². The molecule has 0 bridgehead atoms. The number of pyridine rings is 1. The number of hydrogen-bond donors (Lipinski definition) is 2. The summed E-state index contributed by atoms with van der Waals surface area (Å²) in [4.78, 5) is 29.2. The molecule has 1 aliphatic carbocycles. The van der Waals surface area contributed by atoms with Crippen molar-refractivity contribution in [2.24, 2.45) is 5.92 Å². The Morgan fingerprint density at radius 1 is 0.906 bits per heavy atom. The van der Waals surface area contributed by atoms with Crippen LogP contribution in [0.25, 0.3) is 10.8 Å². The third-order valence-electron chi connectivity index (χ3n) is 5.93. The van der Waals surface area contributed by atoms with Gasteiger partial charge < -0.3 is 10.6 Å². The molecule has 5 rings (SSSR count). The summed E-state index contributed by atoms with van der Waals surface area (Å²) < 4.78 is 0. The summed E-state index contributed by atoms with van der Waals surface area (Å²) in [5, 5.41) is 8.07. The molecule has 0 saturated heterocycles. The zero-order valence-corrected chi connectivity index (χ0v) is 17.5. The molecular weight excluding hydrogens is 398 g/mol. The first-order chi connectivity index (χ1) is 15.7. The largest absolute Gasteiger partial charge is 0.348 e. The molecule has 1 saturated carbocycles. The molecule has 2 amide bonds. The standard InChI is InChI=1S/C27H23N3O2/c31-26(29-16-18-4-2-1-3-5-18)20-8-6-19(7-9-20)24-15-25(24)27(32)30-23-11-10-22-17-28-13-12-21(22)14-23/h1-14,17,24-25H,15-16H2,(H,29,31)(H,30,32)/t24-,25+/m0/s1. The van der Waals surface area contributed by atoms with Gasteiger partial charge in [-0.05, 0) is 59.2 Å². The molecule has 4 aromatic rings. The minimum atomic E-state index is -0.100. The van der Waals surface area contributed by atoms with Gasteiger partial charge >= 0.3 is 0 Å². The van der Waals surface area contributed by atoms with Gasteiger partial charge in [-0.25, -0.2) is 0 Å². The van der Waals surface area contributed by atoms with Crippen LogP contribution in [-0.4, -0.2) is 16.8 Å². The quantitative estimate of drug-likeness (QED) is 0.465. The number of amides is 2. The molecular formula is C27H23N3O2. The van der Waals surface area contributed by atoms with Crippen molar-refractivity contribution in [2.45, 2.75) is 18.9 Å². The van der Waals surface area contributed by atoms with Crippen molar-refractivity contribution in [1.29, 1.82) is 0 Å². The predicted octanol–water partition coefficient (Wildman–Crippen LogP) is 4.91. The Balaban J connectivity index is 1.17. The van der Waals surface area contributed by atoms with Crippen LogP contribution in [0.15, 0.2) is 91.3 Å². The van der Waals surface area contributed by atoms with Gasteiger partial charge in [0, 0.05) is 41.5 Å². The first-order valence-electron chi connectivity index (χ1n) is 10.7. The van der Waals surface area contributed by atoms with Gasteiger partial charge in [0.1, 0.15) is 0 Å². The number of fused-ring (bicyclic) bond motifs is 1. The van der Waals surface area contributed by atoms with Crippen LogP contribution in [0.3, 0.4) is 0 Å². The van der Waals surface area contributed by atoms with Crippen molar-refractivity contribution in [2.75, 3.05) is 5.32 Å². The number of nitrogens with zero attached hydrogens (tertiary/aromatic N) is 1. The second-order valence-electron chi connectivity index (χ2n) is 8.17. The number of aromatic nitrogens is 1. The topological polar surface area (TPSA) is 71.1 Å². The highest BCUT2D eigenvalue weighted by atomic mass is 16.2. The fraction of sp³-hybridized carbons (Fsp3) is 0.148. The Bertz CT molecular complexity index is 1270. The van der Waals surface area contributed by atoms with Crippen molar-refractivity contribution in [3.63, 3.8) is 0 Å². The van der Waals surface area contributed by atoms with E-state index < -0.39 is 0 Å². The molecule has 5 heteroatoms. The first kappa shape index (κ1) is 19.9. The summed E-state index contributed by atoms with van der Waals surface area (Å²) in [6.07, 6.45) is 4.38. The second-order valence-corrected chi connectivity index (χ2v) is 8.17. The Kier molecular flexibility index (Phi) is 5.38. The van der Waals surface area contributed by atoms with Crippen LogP contribution in [0.2, 0.25) is 0 Å². The minimum absolute atomic E-state index is 0.0353. The van der Waals surface area contributed by atoms with Crippen LogP contribution in [0.5, 0.6) is 0 Å². The van der Waals surface area contributed by atoms with Crippen LogP contribution in [-0.2, 0) is 11.3 Å². The Hall–Kier alpha value is -3.99. The van der Waals surface area contributed by atoms with E-state index in [9.17, 15) is 9.59 Å². The number of benzene rings is 3. The van der Waals surface area contributed by atoms with Crippen LogP contribution in [0.1, 0.15) is 33.8 Å². The maximum atomic E-state index is 12.7. The third-order valence-corrected chi connectivity index (χ3v) is 5.93. The van der Waals surface area contributed by atoms with Gasteiger partial charge in [0.05, 0.1) is 0 Å². The highest BCUT2D eigenvalue weighted by Gasteiger charge is 2.43. The number of anilines is 1. The number of rotatable bonds is 6. The van der Waals surface area contributed by atoms with Gasteiger partial charge in [-0.3, -0.25) is 14.6 Å². The maximum Gasteiger partial charge on any atom is 0.251 e. The average Bonchev–Trinajstić information content (AvgIpc) is 3.64. The summed E-state index contributed by atoms with van der Waals surface area (Å²) in [7, 11) is 0. The third kappa shape index (κ3) is 4.37. The van der Waals surface area contributed by atoms with E-state index in [-0.39, 0.29) is 23.7 Å². The summed E-state index contributed by atoms with van der Waals surface area (Å²) >= 11 is 0. The van der Waals surface area contributed by atoms with Gasteiger partial charge in [-0.2, -0.15) is 0 Å². The molecule has 1 fully saturated rings. The first-order valence-corrected chi connectivity index (χ1v) is 10.7. The zero-order chi connectivity index (χ0) is 21.9. The lowest BCUT2D eigenvalue weighted by molar-refractivity contribution is -0.117. The average molecular weight is 422 g/mol. The molecule has 1 heterocycles. The van der Waals surface area contributed by atoms with Gasteiger partial charge in [-0.15, -0.1) is 0 Å². The lowest BCUT2D eigenvalue weighted by Crippen LogP contribution is -2.22. The van der Waals surface area contributed by atoms with E-state index in [2.05, 4.69) is 15.6 Å². The van der Waals surface area contributed by atoms with Crippen molar-refractivity contribution in [1.82, 2.24) is 10.3 Å². The molecule has 0 spiro atoms. The number of carbonyl (C=O) groups excluding carboxylic acids is 2. The molecule has 3 aromatic carbocycles. The molecule has 2 atom stereocenters. The smallest absolute Gasteiger partial charge is 0.251 e. The summed E-state index contributed by atoms with van der Waals surface area (Å²) in [5.41, 5.74) is 3.57. The number of carbonyl (C=O) groups is 2. The van der Waals surface area contributed by atoms with Crippen molar-refractivity contribution in [3.8, 4) is 0 Å². The molecule has 158 valence electrons. The van der Waals surface area contributed by atoms with E-state index in [4.69, 9.17) is 0 Å². The van der Waals surface area contributed by atoms with E-state index in [1.807, 2.05) is 85.1 Å². The van der Waals surface area contributed by atoms with Crippen LogP contribution in [0.4, 0.5) is 5.69 Å². The van der Waals surface area contributed by atoms with E-state index in [0.29, 0.717) is 12.1 Å². The normalized spacial score (nSPS) is 17.0. The Morgan fingerprint density at radius 2 is 1.72 bits per heavy atom. The van der Waals surface area contributed by atoms with Crippen molar-refractivity contribution >= 4 is 28.3 Å². The molecule has 5 nitrogen and oxygen atoms in total. The summed E-state index contributed by atoms with van der Waals surface area (Å²) in [6, 6.07) is 25.2. The van der Waals surface area contributed by atoms with Crippen LogP contribution in [0, 0.1) is 5.92 Å². The van der Waals surface area contributed by atoms with Gasteiger partial charge in [0.15, 0.2) is 0 Å². The van der Waals surface area contributed by atoms with E-state index in [1.165, 1.54) is 0 Å². The summed E-state index contributed by atoms with van der Waals surface area (Å²) in [5.74, 6) is 0.0899. The highest BCUT2D eigenvalue weighted by molar-refractivity contribution is 5.97.